The van der Waals surface area contributed by atoms with Crippen molar-refractivity contribution in [2.45, 2.75) is 38.5 Å². The molecule has 5 heteroatoms. The number of hydrogen-bond donors (Lipinski definition) is 0. The van der Waals surface area contributed by atoms with Gasteiger partial charge in [0, 0.05) is 59.8 Å². The van der Waals surface area contributed by atoms with Crippen LogP contribution in [0.25, 0.3) is 0 Å². The van der Waals surface area contributed by atoms with E-state index in [2.05, 4.69) is 61.8 Å². The Hall–Kier alpha value is -3.21. The van der Waals surface area contributed by atoms with E-state index in [0.717, 1.165) is 45.4 Å². The Morgan fingerprint density at radius 3 is 1.47 bits per heavy atom. The van der Waals surface area contributed by atoms with E-state index in [9.17, 15) is 4.79 Å². The molecule has 0 saturated heterocycles. The molecule has 0 bridgehead atoms. The van der Waals surface area contributed by atoms with Gasteiger partial charge in [-0.2, -0.15) is 0 Å². The Labute approximate surface area is 190 Å². The minimum Gasteiger partial charge on any atom is -0.497 e. The molecule has 0 amide bonds. The van der Waals surface area contributed by atoms with Crippen LogP contribution in [0.1, 0.15) is 38.8 Å². The Bertz CT molecular complexity index is 1070. The van der Waals surface area contributed by atoms with Gasteiger partial charge < -0.3 is 19.3 Å². The third-order valence-corrected chi connectivity index (χ3v) is 7.04. The van der Waals surface area contributed by atoms with E-state index in [-0.39, 0.29) is 16.6 Å². The van der Waals surface area contributed by atoms with Gasteiger partial charge in [-0.05, 0) is 47.5 Å². The van der Waals surface area contributed by atoms with E-state index in [0.29, 0.717) is 0 Å². The molecule has 0 unspecified atom stereocenters. The molecule has 168 valence electrons. The zero-order valence-electron chi connectivity index (χ0n) is 20.2. The van der Waals surface area contributed by atoms with Crippen LogP contribution in [0.3, 0.4) is 0 Å². The molecule has 0 atom stereocenters. The molecule has 0 radical (unpaired) electrons. The minimum atomic E-state index is -0.305. The molecule has 2 aromatic rings. The number of carbonyl (C=O) groups is 1. The number of likely N-dealkylation sites (N-methyl/N-ethyl adjacent to an activating group) is 2. The summed E-state index contributed by atoms with van der Waals surface area (Å²) in [7, 11) is 7.38. The maximum atomic E-state index is 13.3. The number of ether oxygens (including phenoxy) is 2. The third-order valence-electron chi connectivity index (χ3n) is 7.04. The van der Waals surface area contributed by atoms with Crippen LogP contribution >= 0.6 is 0 Å². The SMILES string of the molecule is COc1ccc2c(c1)C(C)(C)C(=CC(=O)C=C1N(C)c3ccc(OC)cc3C1(C)C)N2C. The van der Waals surface area contributed by atoms with Gasteiger partial charge in [0.2, 0.25) is 0 Å². The van der Waals surface area contributed by atoms with E-state index in [1.807, 2.05) is 26.2 Å². The first-order chi connectivity index (χ1) is 15.0. The molecule has 0 fully saturated rings. The molecule has 0 N–H and O–H groups in total. The van der Waals surface area contributed by atoms with Crippen molar-refractivity contribution < 1.29 is 14.3 Å². The fraction of sp³-hybridized carbons (Fsp3) is 0.370. The molecule has 32 heavy (non-hydrogen) atoms. The molecule has 2 aromatic carbocycles. The Balaban J connectivity index is 1.71. The molecule has 0 spiro atoms. The number of hydrogen-bond acceptors (Lipinski definition) is 5. The van der Waals surface area contributed by atoms with Crippen molar-refractivity contribution in [3.63, 3.8) is 0 Å². The number of ketones is 1. The molecule has 2 heterocycles. The molecule has 0 aromatic heterocycles. The van der Waals surface area contributed by atoms with E-state index in [1.165, 1.54) is 0 Å². The van der Waals surface area contributed by atoms with Crippen molar-refractivity contribution in [1.29, 1.82) is 0 Å². The van der Waals surface area contributed by atoms with Crippen LogP contribution in [0, 0.1) is 0 Å². The van der Waals surface area contributed by atoms with E-state index in [4.69, 9.17) is 9.47 Å². The largest absolute Gasteiger partial charge is 0.497 e. The van der Waals surface area contributed by atoms with Crippen molar-refractivity contribution in [1.82, 2.24) is 0 Å². The predicted octanol–water partition coefficient (Wildman–Crippen LogP) is 5.20. The summed E-state index contributed by atoms with van der Waals surface area (Å²) in [4.78, 5) is 17.5. The summed E-state index contributed by atoms with van der Waals surface area (Å²) in [6, 6.07) is 12.1. The lowest BCUT2D eigenvalue weighted by Gasteiger charge is -2.25. The highest BCUT2D eigenvalue weighted by atomic mass is 16.5. The quantitative estimate of drug-likeness (QED) is 0.622. The number of carbonyl (C=O) groups excluding carboxylic acids is 1. The summed E-state index contributed by atoms with van der Waals surface area (Å²) in [5.41, 5.74) is 5.84. The number of anilines is 2. The molecule has 4 rings (SSSR count). The van der Waals surface area contributed by atoms with Gasteiger partial charge in [-0.3, -0.25) is 4.79 Å². The standard InChI is InChI=1S/C27H32N2O3/c1-26(2)20-15-18(31-7)9-11-22(20)28(5)24(26)13-17(30)14-25-27(3,4)21-16-19(32-8)10-12-23(21)29(25)6/h9-16H,1-8H3. The number of allylic oxidation sites excluding steroid dienone is 4. The lowest BCUT2D eigenvalue weighted by Crippen LogP contribution is -2.25. The van der Waals surface area contributed by atoms with Crippen molar-refractivity contribution in [2.24, 2.45) is 0 Å². The number of rotatable bonds is 4. The Morgan fingerprint density at radius 1 is 0.750 bits per heavy atom. The van der Waals surface area contributed by atoms with Crippen molar-refractivity contribution in [2.75, 3.05) is 38.1 Å². The summed E-state index contributed by atoms with van der Waals surface area (Å²) in [6.07, 6.45) is 3.54. The minimum absolute atomic E-state index is 0.0191. The van der Waals surface area contributed by atoms with Gasteiger partial charge in [0.15, 0.2) is 5.78 Å². The highest BCUT2D eigenvalue weighted by Gasteiger charge is 2.41. The first-order valence-corrected chi connectivity index (χ1v) is 10.8. The van der Waals surface area contributed by atoms with Gasteiger partial charge in [-0.25, -0.2) is 0 Å². The van der Waals surface area contributed by atoms with Crippen molar-refractivity contribution >= 4 is 17.2 Å². The molecular weight excluding hydrogens is 400 g/mol. The average molecular weight is 433 g/mol. The lowest BCUT2D eigenvalue weighted by atomic mass is 9.82. The smallest absolute Gasteiger partial charge is 0.182 e. The monoisotopic (exact) mass is 432 g/mol. The summed E-state index contributed by atoms with van der Waals surface area (Å²) >= 11 is 0. The maximum Gasteiger partial charge on any atom is 0.182 e. The normalized spacial score (nSPS) is 20.5. The average Bonchev–Trinajstić information content (AvgIpc) is 3.07. The molecular formula is C27H32N2O3. The van der Waals surface area contributed by atoms with E-state index < -0.39 is 0 Å². The van der Waals surface area contributed by atoms with Gasteiger partial charge in [-0.1, -0.05) is 27.7 Å². The second-order valence-electron chi connectivity index (χ2n) is 9.60. The van der Waals surface area contributed by atoms with Gasteiger partial charge in [0.05, 0.1) is 14.2 Å². The van der Waals surface area contributed by atoms with Gasteiger partial charge in [-0.15, -0.1) is 0 Å². The van der Waals surface area contributed by atoms with E-state index >= 15 is 0 Å². The van der Waals surface area contributed by atoms with Crippen molar-refractivity contribution in [3.05, 3.63) is 71.1 Å². The van der Waals surface area contributed by atoms with Crippen LogP contribution in [0.2, 0.25) is 0 Å². The Morgan fingerprint density at radius 2 is 1.12 bits per heavy atom. The molecule has 0 aliphatic carbocycles. The van der Waals surface area contributed by atoms with Gasteiger partial charge >= 0.3 is 0 Å². The van der Waals surface area contributed by atoms with Crippen LogP contribution < -0.4 is 19.3 Å². The van der Waals surface area contributed by atoms with Crippen LogP contribution in [0.5, 0.6) is 11.5 Å². The van der Waals surface area contributed by atoms with Crippen LogP contribution in [-0.4, -0.2) is 34.1 Å². The van der Waals surface area contributed by atoms with Crippen LogP contribution in [-0.2, 0) is 15.6 Å². The zero-order chi connectivity index (χ0) is 23.4. The number of nitrogens with zero attached hydrogens (tertiary/aromatic N) is 2. The van der Waals surface area contributed by atoms with Crippen molar-refractivity contribution in [3.8, 4) is 11.5 Å². The summed E-state index contributed by atoms with van der Waals surface area (Å²) in [5, 5.41) is 0. The topological polar surface area (TPSA) is 42.0 Å². The number of methoxy groups -OCH3 is 2. The highest BCUT2D eigenvalue weighted by molar-refractivity contribution is 6.02. The predicted molar refractivity (Wildman–Crippen MR) is 130 cm³/mol. The molecule has 0 saturated carbocycles. The molecule has 2 aliphatic heterocycles. The second kappa shape index (κ2) is 7.44. The van der Waals surface area contributed by atoms with Gasteiger partial charge in [0.25, 0.3) is 0 Å². The van der Waals surface area contributed by atoms with Crippen LogP contribution in [0.4, 0.5) is 11.4 Å². The maximum absolute atomic E-state index is 13.3. The van der Waals surface area contributed by atoms with Crippen LogP contribution in [0.15, 0.2) is 59.9 Å². The first-order valence-electron chi connectivity index (χ1n) is 10.8. The summed E-state index contributed by atoms with van der Waals surface area (Å²) < 4.78 is 10.9. The fourth-order valence-corrected chi connectivity index (χ4v) is 5.11. The third kappa shape index (κ3) is 3.19. The second-order valence-corrected chi connectivity index (χ2v) is 9.60. The number of fused-ring (bicyclic) bond motifs is 2. The first kappa shape index (κ1) is 22.0. The summed E-state index contributed by atoms with van der Waals surface area (Å²) in [5.74, 6) is 1.62. The molecule has 5 nitrogen and oxygen atoms in total. The number of benzene rings is 2. The summed E-state index contributed by atoms with van der Waals surface area (Å²) in [6.45, 7) is 8.59. The lowest BCUT2D eigenvalue weighted by molar-refractivity contribution is -0.110. The van der Waals surface area contributed by atoms with Gasteiger partial charge in [0.1, 0.15) is 11.5 Å². The van der Waals surface area contributed by atoms with E-state index in [1.54, 1.807) is 26.4 Å². The fourth-order valence-electron chi connectivity index (χ4n) is 5.11. The zero-order valence-corrected chi connectivity index (χ0v) is 20.2. The molecule has 2 aliphatic rings. The highest BCUT2D eigenvalue weighted by Crippen LogP contribution is 2.49. The Kier molecular flexibility index (Phi) is 5.11.